The van der Waals surface area contributed by atoms with Crippen LogP contribution in [0.15, 0.2) is 12.2 Å². The van der Waals surface area contributed by atoms with Gasteiger partial charge < -0.3 is 14.8 Å². The number of ether oxygens (including phenoxy) is 2. The summed E-state index contributed by atoms with van der Waals surface area (Å²) in [6.07, 6.45) is 2.50. The van der Waals surface area contributed by atoms with E-state index in [0.717, 1.165) is 12.2 Å². The number of esters is 2. The molecule has 1 amide bonds. The van der Waals surface area contributed by atoms with Crippen molar-refractivity contribution in [2.75, 3.05) is 13.2 Å². The van der Waals surface area contributed by atoms with E-state index in [4.69, 9.17) is 0 Å². The smallest absolute Gasteiger partial charge is 0.330 e. The topological polar surface area (TPSA) is 81.7 Å². The lowest BCUT2D eigenvalue weighted by Gasteiger charge is -2.05. The second kappa shape index (κ2) is 5.89. The molecule has 0 aromatic rings. The summed E-state index contributed by atoms with van der Waals surface area (Å²) in [6, 6.07) is -0.612. The van der Waals surface area contributed by atoms with E-state index in [9.17, 15) is 14.4 Å². The predicted octanol–water partition coefficient (Wildman–Crippen LogP) is -0.463. The zero-order valence-electron chi connectivity index (χ0n) is 8.89. The van der Waals surface area contributed by atoms with E-state index >= 15 is 0 Å². The largest absolute Gasteiger partial charge is 0.464 e. The number of carbonyl (C=O) groups is 3. The first-order valence-electron chi connectivity index (χ1n) is 4.95. The Kier molecular flexibility index (Phi) is 4.50. The van der Waals surface area contributed by atoms with Gasteiger partial charge in [0, 0.05) is 18.6 Å². The van der Waals surface area contributed by atoms with E-state index in [1.807, 2.05) is 0 Å². The lowest BCUT2D eigenvalue weighted by Crippen LogP contribution is -2.36. The van der Waals surface area contributed by atoms with Gasteiger partial charge in [0.05, 0.1) is 13.2 Å². The summed E-state index contributed by atoms with van der Waals surface area (Å²) in [5.74, 6) is -1.55. The molecule has 0 radical (unpaired) electrons. The van der Waals surface area contributed by atoms with Crippen molar-refractivity contribution >= 4 is 17.8 Å². The molecule has 1 heterocycles. The van der Waals surface area contributed by atoms with Crippen molar-refractivity contribution in [3.8, 4) is 0 Å². The molecule has 1 saturated heterocycles. The summed E-state index contributed by atoms with van der Waals surface area (Å²) in [5.41, 5.74) is 0. The molecule has 0 spiro atoms. The molecule has 6 nitrogen and oxygen atoms in total. The first kappa shape index (κ1) is 12.2. The molecule has 0 unspecified atom stereocenters. The van der Waals surface area contributed by atoms with E-state index in [0.29, 0.717) is 13.0 Å². The normalized spacial score (nSPS) is 19.6. The van der Waals surface area contributed by atoms with Crippen LogP contribution in [-0.2, 0) is 23.9 Å². The van der Waals surface area contributed by atoms with E-state index in [1.165, 1.54) is 0 Å². The Morgan fingerprint density at radius 3 is 2.88 bits per heavy atom. The second-order valence-electron chi connectivity index (χ2n) is 3.10. The average Bonchev–Trinajstić information content (AvgIpc) is 2.62. The third-order valence-electron chi connectivity index (χ3n) is 1.91. The molecule has 0 aromatic carbocycles. The Labute approximate surface area is 92.6 Å². The molecule has 6 heteroatoms. The van der Waals surface area contributed by atoms with E-state index < -0.39 is 23.9 Å². The Bertz CT molecular complexity index is 323. The van der Waals surface area contributed by atoms with Crippen molar-refractivity contribution in [3.63, 3.8) is 0 Å². The predicted molar refractivity (Wildman–Crippen MR) is 53.3 cm³/mol. The molecule has 0 saturated carbocycles. The van der Waals surface area contributed by atoms with Gasteiger partial charge in [0.25, 0.3) is 0 Å². The zero-order chi connectivity index (χ0) is 12.0. The van der Waals surface area contributed by atoms with Crippen LogP contribution in [-0.4, -0.2) is 37.1 Å². The van der Waals surface area contributed by atoms with Gasteiger partial charge in [-0.25, -0.2) is 9.59 Å². The van der Waals surface area contributed by atoms with Gasteiger partial charge in [0.2, 0.25) is 5.91 Å². The van der Waals surface area contributed by atoms with Crippen molar-refractivity contribution in [1.82, 2.24) is 5.32 Å². The van der Waals surface area contributed by atoms with E-state index in [1.54, 1.807) is 6.92 Å². The highest BCUT2D eigenvalue weighted by Gasteiger charge is 2.27. The van der Waals surface area contributed by atoms with E-state index in [-0.39, 0.29) is 6.61 Å². The molecule has 1 fully saturated rings. The summed E-state index contributed by atoms with van der Waals surface area (Å²) in [5, 5.41) is 2.42. The standard InChI is InChI=1S/C10H13NO5/c1-2-15-9(13)4-3-8(12)11-7-5-6-16-10(7)14/h3-4,7H,2,5-6H2,1H3,(H,11,12)/b4-3+/t7-/m1/s1. The van der Waals surface area contributed by atoms with Crippen molar-refractivity contribution in [3.05, 3.63) is 12.2 Å². The third-order valence-corrected chi connectivity index (χ3v) is 1.91. The Morgan fingerprint density at radius 1 is 1.56 bits per heavy atom. The molecule has 1 aliphatic heterocycles. The number of amides is 1. The number of rotatable bonds is 4. The highest BCUT2D eigenvalue weighted by atomic mass is 16.5. The van der Waals surface area contributed by atoms with Crippen LogP contribution in [0.1, 0.15) is 13.3 Å². The molecule has 0 bridgehead atoms. The summed E-state index contributed by atoms with van der Waals surface area (Å²) in [4.78, 5) is 33.1. The SMILES string of the molecule is CCOC(=O)/C=C/C(=O)N[C@@H]1CCOC1=O. The Morgan fingerprint density at radius 2 is 2.31 bits per heavy atom. The summed E-state index contributed by atoms with van der Waals surface area (Å²) >= 11 is 0. The summed E-state index contributed by atoms with van der Waals surface area (Å²) in [6.45, 7) is 2.23. The van der Waals surface area contributed by atoms with Crippen LogP contribution < -0.4 is 5.32 Å². The maximum absolute atomic E-state index is 11.2. The maximum Gasteiger partial charge on any atom is 0.330 e. The van der Waals surface area contributed by atoms with Crippen molar-refractivity contribution in [1.29, 1.82) is 0 Å². The van der Waals surface area contributed by atoms with Crippen LogP contribution in [0.4, 0.5) is 0 Å². The molecule has 16 heavy (non-hydrogen) atoms. The fourth-order valence-electron chi connectivity index (χ4n) is 1.18. The maximum atomic E-state index is 11.2. The molecule has 88 valence electrons. The van der Waals surface area contributed by atoms with Crippen LogP contribution in [0.5, 0.6) is 0 Å². The van der Waals surface area contributed by atoms with Gasteiger partial charge in [-0.05, 0) is 6.92 Å². The highest BCUT2D eigenvalue weighted by Crippen LogP contribution is 2.05. The fraction of sp³-hybridized carbons (Fsp3) is 0.500. The minimum atomic E-state index is -0.612. The Hall–Kier alpha value is -1.85. The molecule has 1 N–H and O–H groups in total. The molecule has 0 aliphatic carbocycles. The second-order valence-corrected chi connectivity index (χ2v) is 3.10. The van der Waals surface area contributed by atoms with Crippen LogP contribution in [0.3, 0.4) is 0 Å². The Balaban J connectivity index is 2.35. The molecular formula is C10H13NO5. The minimum Gasteiger partial charge on any atom is -0.464 e. The fourth-order valence-corrected chi connectivity index (χ4v) is 1.18. The number of cyclic esters (lactones) is 1. The van der Waals surface area contributed by atoms with Crippen molar-refractivity contribution in [2.45, 2.75) is 19.4 Å². The molecule has 1 aliphatic rings. The van der Waals surface area contributed by atoms with Crippen LogP contribution >= 0.6 is 0 Å². The van der Waals surface area contributed by atoms with Crippen molar-refractivity contribution < 1.29 is 23.9 Å². The quantitative estimate of drug-likeness (QED) is 0.519. The van der Waals surface area contributed by atoms with Crippen LogP contribution in [0.2, 0.25) is 0 Å². The average molecular weight is 227 g/mol. The molecule has 0 aromatic heterocycles. The lowest BCUT2D eigenvalue weighted by molar-refractivity contribution is -0.140. The molecule has 1 atom stereocenters. The zero-order valence-corrected chi connectivity index (χ0v) is 8.89. The van der Waals surface area contributed by atoms with Gasteiger partial charge in [-0.15, -0.1) is 0 Å². The van der Waals surface area contributed by atoms with E-state index in [2.05, 4.69) is 14.8 Å². The summed E-state index contributed by atoms with van der Waals surface area (Å²) < 4.78 is 9.25. The first-order valence-corrected chi connectivity index (χ1v) is 4.95. The highest BCUT2D eigenvalue weighted by molar-refractivity contribution is 5.96. The molecular weight excluding hydrogens is 214 g/mol. The lowest BCUT2D eigenvalue weighted by atomic mass is 10.2. The number of nitrogens with one attached hydrogen (secondary N) is 1. The summed E-state index contributed by atoms with van der Waals surface area (Å²) in [7, 11) is 0. The van der Waals surface area contributed by atoms with Gasteiger partial charge >= 0.3 is 11.9 Å². The van der Waals surface area contributed by atoms with Crippen LogP contribution in [0, 0.1) is 0 Å². The number of carbonyl (C=O) groups excluding carboxylic acids is 3. The number of hydrogen-bond acceptors (Lipinski definition) is 5. The monoisotopic (exact) mass is 227 g/mol. The minimum absolute atomic E-state index is 0.250. The number of hydrogen-bond donors (Lipinski definition) is 1. The van der Waals surface area contributed by atoms with Crippen LogP contribution in [0.25, 0.3) is 0 Å². The van der Waals surface area contributed by atoms with Gasteiger partial charge in [0.1, 0.15) is 6.04 Å². The first-order chi connectivity index (χ1) is 7.63. The van der Waals surface area contributed by atoms with Gasteiger partial charge in [-0.3, -0.25) is 4.79 Å². The van der Waals surface area contributed by atoms with Gasteiger partial charge in [-0.2, -0.15) is 0 Å². The van der Waals surface area contributed by atoms with Gasteiger partial charge in [0.15, 0.2) is 0 Å². The van der Waals surface area contributed by atoms with Gasteiger partial charge in [-0.1, -0.05) is 0 Å². The molecule has 1 rings (SSSR count). The van der Waals surface area contributed by atoms with Crippen molar-refractivity contribution in [2.24, 2.45) is 0 Å². The third kappa shape index (κ3) is 3.72.